The third kappa shape index (κ3) is 1.08. The summed E-state index contributed by atoms with van der Waals surface area (Å²) in [6.07, 6.45) is 0. The van der Waals surface area contributed by atoms with Crippen molar-refractivity contribution in [3.05, 3.63) is 54.6 Å². The van der Waals surface area contributed by atoms with Crippen LogP contribution < -0.4 is 0 Å². The van der Waals surface area contributed by atoms with Crippen LogP contribution in [-0.4, -0.2) is 6.72 Å². The predicted molar refractivity (Wildman–Crippen MR) is 79.4 cm³/mol. The van der Waals surface area contributed by atoms with Gasteiger partial charge in [0, 0.05) is 5.39 Å². The molecule has 0 aliphatic carbocycles. The third-order valence-corrected chi connectivity index (χ3v) is 3.68. The quantitative estimate of drug-likeness (QED) is 0.324. The standard InChI is InChI=1S/C17H11N/c1-18-15-10-8-13-6-5-11-3-2-4-12-7-9-14(15)17(13)16(11)12/h2-10H,1H2. The molecule has 0 aliphatic heterocycles. The molecule has 0 fully saturated rings. The van der Waals surface area contributed by atoms with E-state index >= 15 is 0 Å². The summed E-state index contributed by atoms with van der Waals surface area (Å²) in [7, 11) is 0. The molecular formula is C17H11N. The number of aliphatic imine (C=N–C) groups is 1. The molecule has 0 heterocycles. The lowest BCUT2D eigenvalue weighted by Gasteiger charge is -2.11. The molecule has 0 amide bonds. The number of benzene rings is 4. The molecule has 0 atom stereocenters. The summed E-state index contributed by atoms with van der Waals surface area (Å²) < 4.78 is 0. The van der Waals surface area contributed by atoms with Crippen LogP contribution in [0, 0.1) is 0 Å². The molecule has 4 rings (SSSR count). The maximum atomic E-state index is 4.13. The Labute approximate surface area is 105 Å². The molecule has 18 heavy (non-hydrogen) atoms. The Morgan fingerprint density at radius 3 is 2.00 bits per heavy atom. The maximum absolute atomic E-state index is 4.13. The zero-order valence-corrected chi connectivity index (χ0v) is 9.85. The first-order chi connectivity index (χ1) is 8.88. The molecule has 0 aromatic heterocycles. The van der Waals surface area contributed by atoms with Gasteiger partial charge in [0.25, 0.3) is 0 Å². The van der Waals surface area contributed by atoms with Crippen LogP contribution in [0.5, 0.6) is 0 Å². The Balaban J connectivity index is 2.43. The normalized spacial score (nSPS) is 11.6. The van der Waals surface area contributed by atoms with Crippen LogP contribution in [-0.2, 0) is 0 Å². The van der Waals surface area contributed by atoms with E-state index in [-0.39, 0.29) is 0 Å². The van der Waals surface area contributed by atoms with E-state index in [1.54, 1.807) is 0 Å². The first-order valence-electron chi connectivity index (χ1n) is 6.02. The first-order valence-corrected chi connectivity index (χ1v) is 6.02. The van der Waals surface area contributed by atoms with Crippen molar-refractivity contribution in [2.75, 3.05) is 0 Å². The molecule has 0 N–H and O–H groups in total. The molecule has 0 saturated heterocycles. The van der Waals surface area contributed by atoms with E-state index in [1.807, 2.05) is 6.07 Å². The van der Waals surface area contributed by atoms with Crippen molar-refractivity contribution >= 4 is 44.7 Å². The fourth-order valence-corrected chi connectivity index (χ4v) is 2.86. The molecule has 84 valence electrons. The second-order valence-corrected chi connectivity index (χ2v) is 4.60. The van der Waals surface area contributed by atoms with Crippen molar-refractivity contribution in [2.45, 2.75) is 0 Å². The van der Waals surface area contributed by atoms with Crippen LogP contribution in [0.2, 0.25) is 0 Å². The summed E-state index contributed by atoms with van der Waals surface area (Å²) in [5.74, 6) is 0. The van der Waals surface area contributed by atoms with Crippen molar-refractivity contribution in [2.24, 2.45) is 4.99 Å². The van der Waals surface area contributed by atoms with E-state index in [0.717, 1.165) is 5.69 Å². The second-order valence-electron chi connectivity index (χ2n) is 4.60. The average molecular weight is 229 g/mol. The van der Waals surface area contributed by atoms with E-state index < -0.39 is 0 Å². The number of hydrogen-bond acceptors (Lipinski definition) is 1. The van der Waals surface area contributed by atoms with Gasteiger partial charge in [-0.3, -0.25) is 4.99 Å². The molecule has 4 aromatic carbocycles. The summed E-state index contributed by atoms with van der Waals surface area (Å²) in [6, 6.07) is 19.3. The van der Waals surface area contributed by atoms with Gasteiger partial charge in [0.05, 0.1) is 5.69 Å². The molecule has 0 bridgehead atoms. The van der Waals surface area contributed by atoms with Crippen LogP contribution in [0.4, 0.5) is 5.69 Å². The van der Waals surface area contributed by atoms with Crippen LogP contribution in [0.3, 0.4) is 0 Å². The molecular weight excluding hydrogens is 218 g/mol. The minimum atomic E-state index is 0.959. The average Bonchev–Trinajstić information content (AvgIpc) is 2.44. The Morgan fingerprint density at radius 2 is 1.28 bits per heavy atom. The summed E-state index contributed by atoms with van der Waals surface area (Å²) in [6.45, 7) is 3.66. The number of hydrogen-bond donors (Lipinski definition) is 0. The van der Waals surface area contributed by atoms with Gasteiger partial charge in [0.1, 0.15) is 0 Å². The molecule has 0 saturated carbocycles. The van der Waals surface area contributed by atoms with Crippen LogP contribution >= 0.6 is 0 Å². The van der Waals surface area contributed by atoms with Gasteiger partial charge in [-0.2, -0.15) is 0 Å². The Bertz CT molecular complexity index is 874. The maximum Gasteiger partial charge on any atom is 0.0701 e. The van der Waals surface area contributed by atoms with Gasteiger partial charge < -0.3 is 0 Å². The van der Waals surface area contributed by atoms with E-state index in [2.05, 4.69) is 60.2 Å². The summed E-state index contributed by atoms with van der Waals surface area (Å²) in [5.41, 5.74) is 0.959. The van der Waals surface area contributed by atoms with E-state index in [1.165, 1.54) is 32.3 Å². The monoisotopic (exact) mass is 229 g/mol. The lowest BCUT2D eigenvalue weighted by Crippen LogP contribution is -1.83. The van der Waals surface area contributed by atoms with Gasteiger partial charge in [0.15, 0.2) is 0 Å². The highest BCUT2D eigenvalue weighted by Crippen LogP contribution is 2.38. The van der Waals surface area contributed by atoms with E-state index in [9.17, 15) is 0 Å². The van der Waals surface area contributed by atoms with E-state index in [4.69, 9.17) is 0 Å². The largest absolute Gasteiger partial charge is 0.264 e. The van der Waals surface area contributed by atoms with Gasteiger partial charge in [-0.05, 0) is 39.7 Å². The van der Waals surface area contributed by atoms with E-state index in [0.29, 0.717) is 0 Å². The summed E-state index contributed by atoms with van der Waals surface area (Å²) in [5, 5.41) is 7.65. The molecule has 1 heteroatoms. The van der Waals surface area contributed by atoms with Crippen molar-refractivity contribution in [1.82, 2.24) is 0 Å². The smallest absolute Gasteiger partial charge is 0.0701 e. The molecule has 0 aliphatic rings. The van der Waals surface area contributed by atoms with Crippen LogP contribution in [0.1, 0.15) is 0 Å². The molecule has 1 nitrogen and oxygen atoms in total. The third-order valence-electron chi connectivity index (χ3n) is 3.68. The van der Waals surface area contributed by atoms with Gasteiger partial charge in [-0.1, -0.05) is 48.5 Å². The minimum absolute atomic E-state index is 0.959. The second kappa shape index (κ2) is 3.30. The van der Waals surface area contributed by atoms with Crippen molar-refractivity contribution in [3.8, 4) is 0 Å². The molecule has 0 radical (unpaired) electrons. The lowest BCUT2D eigenvalue weighted by atomic mass is 9.94. The minimum Gasteiger partial charge on any atom is -0.264 e. The Hall–Kier alpha value is -2.41. The zero-order chi connectivity index (χ0) is 12.1. The van der Waals surface area contributed by atoms with Crippen LogP contribution in [0.25, 0.3) is 32.3 Å². The van der Waals surface area contributed by atoms with Gasteiger partial charge >= 0.3 is 0 Å². The Morgan fingerprint density at radius 1 is 0.667 bits per heavy atom. The fourth-order valence-electron chi connectivity index (χ4n) is 2.86. The topological polar surface area (TPSA) is 12.4 Å². The number of nitrogens with zero attached hydrogens (tertiary/aromatic N) is 1. The highest BCUT2D eigenvalue weighted by Gasteiger charge is 2.09. The fraction of sp³-hybridized carbons (Fsp3) is 0. The van der Waals surface area contributed by atoms with Crippen molar-refractivity contribution < 1.29 is 0 Å². The molecule has 0 spiro atoms. The summed E-state index contributed by atoms with van der Waals surface area (Å²) >= 11 is 0. The Kier molecular flexibility index (Phi) is 1.76. The SMILES string of the molecule is C=Nc1ccc2ccc3cccc4ccc1c2c34. The van der Waals surface area contributed by atoms with Gasteiger partial charge in [0.2, 0.25) is 0 Å². The highest BCUT2D eigenvalue weighted by atomic mass is 14.7. The van der Waals surface area contributed by atoms with Gasteiger partial charge in [-0.15, -0.1) is 0 Å². The van der Waals surface area contributed by atoms with Crippen molar-refractivity contribution in [1.29, 1.82) is 0 Å². The molecule has 4 aromatic rings. The highest BCUT2D eigenvalue weighted by molar-refractivity contribution is 6.24. The first kappa shape index (κ1) is 9.60. The van der Waals surface area contributed by atoms with Gasteiger partial charge in [-0.25, -0.2) is 0 Å². The van der Waals surface area contributed by atoms with Crippen LogP contribution in [0.15, 0.2) is 59.6 Å². The number of rotatable bonds is 1. The summed E-state index contributed by atoms with van der Waals surface area (Å²) in [4.78, 5) is 4.13. The molecule has 0 unspecified atom stereocenters. The predicted octanol–water partition coefficient (Wildman–Crippen LogP) is 4.92. The zero-order valence-electron chi connectivity index (χ0n) is 9.85. The lowest BCUT2D eigenvalue weighted by molar-refractivity contribution is 1.61. The van der Waals surface area contributed by atoms with Crippen molar-refractivity contribution in [3.63, 3.8) is 0 Å².